The maximum Gasteiger partial charge on any atom is 0.320 e. The SMILES string of the molecule is COC(=O)C(C)(C)C(=O)NC(C)c1ccccc1. The van der Waals surface area contributed by atoms with Gasteiger partial charge in [-0.25, -0.2) is 0 Å². The fraction of sp³-hybridized carbons (Fsp3) is 0.429. The molecule has 18 heavy (non-hydrogen) atoms. The second kappa shape index (κ2) is 5.67. The number of esters is 1. The summed E-state index contributed by atoms with van der Waals surface area (Å²) in [5, 5.41) is 2.81. The van der Waals surface area contributed by atoms with Crippen LogP contribution in [-0.4, -0.2) is 19.0 Å². The van der Waals surface area contributed by atoms with E-state index in [2.05, 4.69) is 10.1 Å². The van der Waals surface area contributed by atoms with Gasteiger partial charge in [-0.2, -0.15) is 0 Å². The highest BCUT2D eigenvalue weighted by Crippen LogP contribution is 2.20. The van der Waals surface area contributed by atoms with Gasteiger partial charge in [0.2, 0.25) is 5.91 Å². The highest BCUT2D eigenvalue weighted by molar-refractivity contribution is 6.01. The Balaban J connectivity index is 2.74. The Morgan fingerprint density at radius 3 is 2.28 bits per heavy atom. The van der Waals surface area contributed by atoms with E-state index >= 15 is 0 Å². The molecular formula is C14H19NO3. The Bertz CT molecular complexity index is 426. The van der Waals surface area contributed by atoms with Gasteiger partial charge in [-0.1, -0.05) is 30.3 Å². The molecule has 0 saturated carbocycles. The molecular weight excluding hydrogens is 230 g/mol. The Morgan fingerprint density at radius 2 is 1.78 bits per heavy atom. The topological polar surface area (TPSA) is 55.4 Å². The van der Waals surface area contributed by atoms with E-state index in [4.69, 9.17) is 0 Å². The number of methoxy groups -OCH3 is 1. The zero-order chi connectivity index (χ0) is 13.8. The number of amides is 1. The van der Waals surface area contributed by atoms with Crippen LogP contribution >= 0.6 is 0 Å². The van der Waals surface area contributed by atoms with Gasteiger partial charge in [0, 0.05) is 0 Å². The monoisotopic (exact) mass is 249 g/mol. The second-order valence-corrected chi connectivity index (χ2v) is 4.72. The van der Waals surface area contributed by atoms with Crippen LogP contribution in [0.5, 0.6) is 0 Å². The molecule has 1 amide bonds. The Morgan fingerprint density at radius 1 is 1.22 bits per heavy atom. The van der Waals surface area contributed by atoms with Gasteiger partial charge in [0.15, 0.2) is 0 Å². The summed E-state index contributed by atoms with van der Waals surface area (Å²) in [6, 6.07) is 9.43. The maximum atomic E-state index is 12.0. The lowest BCUT2D eigenvalue weighted by molar-refractivity contribution is -0.156. The quantitative estimate of drug-likeness (QED) is 0.656. The van der Waals surface area contributed by atoms with E-state index in [9.17, 15) is 9.59 Å². The predicted molar refractivity (Wildman–Crippen MR) is 68.8 cm³/mol. The number of rotatable bonds is 4. The molecule has 0 aliphatic carbocycles. The molecule has 0 aliphatic heterocycles. The Kier molecular flexibility index (Phi) is 4.48. The van der Waals surface area contributed by atoms with E-state index in [0.717, 1.165) is 5.56 Å². The van der Waals surface area contributed by atoms with E-state index in [1.807, 2.05) is 37.3 Å². The third-order valence-electron chi connectivity index (χ3n) is 2.91. The summed E-state index contributed by atoms with van der Waals surface area (Å²) in [4.78, 5) is 23.5. The van der Waals surface area contributed by atoms with Crippen molar-refractivity contribution in [2.24, 2.45) is 5.41 Å². The minimum absolute atomic E-state index is 0.150. The number of ether oxygens (including phenoxy) is 1. The van der Waals surface area contributed by atoms with Gasteiger partial charge >= 0.3 is 5.97 Å². The summed E-state index contributed by atoms with van der Waals surface area (Å²) in [7, 11) is 1.28. The van der Waals surface area contributed by atoms with Crippen molar-refractivity contribution in [3.05, 3.63) is 35.9 Å². The highest BCUT2D eigenvalue weighted by Gasteiger charge is 2.37. The minimum Gasteiger partial charge on any atom is -0.468 e. The van der Waals surface area contributed by atoms with Crippen LogP contribution in [0.15, 0.2) is 30.3 Å². The molecule has 4 nitrogen and oxygen atoms in total. The Labute approximate surface area is 107 Å². The number of hydrogen-bond acceptors (Lipinski definition) is 3. The van der Waals surface area contributed by atoms with E-state index in [0.29, 0.717) is 0 Å². The summed E-state index contributed by atoms with van der Waals surface area (Å²) < 4.78 is 4.62. The lowest BCUT2D eigenvalue weighted by Gasteiger charge is -2.23. The first kappa shape index (κ1) is 14.2. The molecule has 0 saturated heterocycles. The predicted octanol–water partition coefficient (Wildman–Crippen LogP) is 2.06. The third kappa shape index (κ3) is 3.09. The van der Waals surface area contributed by atoms with Crippen molar-refractivity contribution >= 4 is 11.9 Å². The van der Waals surface area contributed by atoms with E-state index < -0.39 is 11.4 Å². The van der Waals surface area contributed by atoms with Gasteiger partial charge in [-0.15, -0.1) is 0 Å². The van der Waals surface area contributed by atoms with Crippen LogP contribution in [0.3, 0.4) is 0 Å². The summed E-state index contributed by atoms with van der Waals surface area (Å²) in [5.41, 5.74) is -0.191. The first-order chi connectivity index (χ1) is 8.39. The lowest BCUT2D eigenvalue weighted by atomic mass is 9.92. The van der Waals surface area contributed by atoms with Crippen LogP contribution in [0, 0.1) is 5.41 Å². The second-order valence-electron chi connectivity index (χ2n) is 4.72. The molecule has 1 N–H and O–H groups in total. The summed E-state index contributed by atoms with van der Waals surface area (Å²) in [6.07, 6.45) is 0. The molecule has 0 radical (unpaired) electrons. The zero-order valence-corrected chi connectivity index (χ0v) is 11.2. The average molecular weight is 249 g/mol. The van der Waals surface area contributed by atoms with E-state index in [1.165, 1.54) is 7.11 Å². The smallest absolute Gasteiger partial charge is 0.320 e. The fourth-order valence-corrected chi connectivity index (χ4v) is 1.55. The molecule has 1 atom stereocenters. The molecule has 1 unspecified atom stereocenters. The first-order valence-corrected chi connectivity index (χ1v) is 5.84. The van der Waals surface area contributed by atoms with Crippen molar-refractivity contribution in [3.63, 3.8) is 0 Å². The molecule has 0 bridgehead atoms. The molecule has 0 aliphatic rings. The standard InChI is InChI=1S/C14H19NO3/c1-10(11-8-6-5-7-9-11)15-12(16)14(2,3)13(17)18-4/h5-10H,1-4H3,(H,15,16). The fourth-order valence-electron chi connectivity index (χ4n) is 1.55. The minimum atomic E-state index is -1.18. The van der Waals surface area contributed by atoms with Crippen LogP contribution in [0.4, 0.5) is 0 Å². The van der Waals surface area contributed by atoms with Gasteiger partial charge in [0.05, 0.1) is 13.2 Å². The number of carbonyl (C=O) groups excluding carboxylic acids is 2. The maximum absolute atomic E-state index is 12.0. The van der Waals surface area contributed by atoms with Crippen LogP contribution < -0.4 is 5.32 Å². The molecule has 1 aromatic carbocycles. The summed E-state index contributed by atoms with van der Waals surface area (Å²) >= 11 is 0. The molecule has 1 rings (SSSR count). The molecule has 0 fully saturated rings. The first-order valence-electron chi connectivity index (χ1n) is 5.84. The average Bonchev–Trinajstić information content (AvgIpc) is 2.38. The van der Waals surface area contributed by atoms with Crippen molar-refractivity contribution in [2.75, 3.05) is 7.11 Å². The van der Waals surface area contributed by atoms with Gasteiger partial charge < -0.3 is 10.1 Å². The lowest BCUT2D eigenvalue weighted by Crippen LogP contribution is -2.43. The van der Waals surface area contributed by atoms with Gasteiger partial charge in [-0.05, 0) is 26.3 Å². The van der Waals surface area contributed by atoms with Crippen LogP contribution in [-0.2, 0) is 14.3 Å². The zero-order valence-electron chi connectivity index (χ0n) is 11.2. The number of hydrogen-bond donors (Lipinski definition) is 1. The third-order valence-corrected chi connectivity index (χ3v) is 2.91. The molecule has 0 heterocycles. The van der Waals surface area contributed by atoms with Crippen LogP contribution in [0.2, 0.25) is 0 Å². The normalized spacial score (nSPS) is 12.7. The summed E-state index contributed by atoms with van der Waals surface area (Å²) in [5.74, 6) is -0.883. The van der Waals surface area contributed by atoms with Gasteiger partial charge in [0.1, 0.15) is 5.41 Å². The largest absolute Gasteiger partial charge is 0.468 e. The van der Waals surface area contributed by atoms with E-state index in [1.54, 1.807) is 13.8 Å². The number of nitrogens with one attached hydrogen (secondary N) is 1. The highest BCUT2D eigenvalue weighted by atomic mass is 16.5. The molecule has 0 aromatic heterocycles. The van der Waals surface area contributed by atoms with Crippen molar-refractivity contribution < 1.29 is 14.3 Å². The van der Waals surface area contributed by atoms with E-state index in [-0.39, 0.29) is 11.9 Å². The van der Waals surface area contributed by atoms with Crippen molar-refractivity contribution in [1.29, 1.82) is 0 Å². The van der Waals surface area contributed by atoms with Crippen LogP contribution in [0.1, 0.15) is 32.4 Å². The van der Waals surface area contributed by atoms with Crippen LogP contribution in [0.25, 0.3) is 0 Å². The number of carbonyl (C=O) groups is 2. The van der Waals surface area contributed by atoms with Crippen molar-refractivity contribution in [1.82, 2.24) is 5.32 Å². The molecule has 0 spiro atoms. The summed E-state index contributed by atoms with van der Waals surface area (Å²) in [6.45, 7) is 4.97. The van der Waals surface area contributed by atoms with Crippen molar-refractivity contribution in [3.8, 4) is 0 Å². The number of benzene rings is 1. The van der Waals surface area contributed by atoms with Crippen molar-refractivity contribution in [2.45, 2.75) is 26.8 Å². The molecule has 1 aromatic rings. The van der Waals surface area contributed by atoms with Gasteiger partial charge in [-0.3, -0.25) is 9.59 Å². The molecule has 98 valence electrons. The molecule has 4 heteroatoms. The van der Waals surface area contributed by atoms with Gasteiger partial charge in [0.25, 0.3) is 0 Å². The Hall–Kier alpha value is -1.84.